The third kappa shape index (κ3) is 1.81. The van der Waals surface area contributed by atoms with E-state index in [-0.39, 0.29) is 16.9 Å². The number of para-hydroxylation sites is 1. The van der Waals surface area contributed by atoms with Gasteiger partial charge in [-0.05, 0) is 18.2 Å². The molecule has 0 amide bonds. The van der Waals surface area contributed by atoms with Gasteiger partial charge in [0.15, 0.2) is 0 Å². The van der Waals surface area contributed by atoms with Gasteiger partial charge in [0.2, 0.25) is 5.78 Å². The topological polar surface area (TPSA) is 112 Å². The molecule has 2 aromatic carbocycles. The van der Waals surface area contributed by atoms with Gasteiger partial charge >= 0.3 is 11.7 Å². The number of aromatic nitrogens is 2. The van der Waals surface area contributed by atoms with Crippen LogP contribution in [0.2, 0.25) is 0 Å². The molecule has 1 unspecified atom stereocenters. The summed E-state index contributed by atoms with van der Waals surface area (Å²) in [5, 5.41) is 0. The van der Waals surface area contributed by atoms with Crippen LogP contribution in [-0.4, -0.2) is 21.7 Å². The van der Waals surface area contributed by atoms with Crippen molar-refractivity contribution in [2.45, 2.75) is 5.72 Å². The molecule has 0 fully saturated rings. The van der Waals surface area contributed by atoms with Crippen molar-refractivity contribution in [2.24, 2.45) is 0 Å². The number of ketones is 1. The van der Waals surface area contributed by atoms with E-state index in [0.717, 1.165) is 0 Å². The molecule has 3 heterocycles. The van der Waals surface area contributed by atoms with Crippen molar-refractivity contribution in [1.82, 2.24) is 9.97 Å². The van der Waals surface area contributed by atoms with Gasteiger partial charge < -0.3 is 4.74 Å². The summed E-state index contributed by atoms with van der Waals surface area (Å²) < 4.78 is 5.60. The first-order valence-electron chi connectivity index (χ1n) is 8.13. The zero-order valence-electron chi connectivity index (χ0n) is 13.7. The zero-order chi connectivity index (χ0) is 18.8. The minimum atomic E-state index is -1.88. The molecule has 132 valence electrons. The lowest BCUT2D eigenvalue weighted by Crippen LogP contribution is -2.46. The van der Waals surface area contributed by atoms with Crippen LogP contribution in [0.15, 0.2) is 64.2 Å². The molecule has 0 radical (unpaired) electrons. The molecule has 1 spiro atoms. The van der Waals surface area contributed by atoms with Crippen LogP contribution in [0.1, 0.15) is 26.3 Å². The number of esters is 1. The predicted molar refractivity (Wildman–Crippen MR) is 94.1 cm³/mol. The number of carbonyl (C=O) groups excluding carboxylic acids is 2. The summed E-state index contributed by atoms with van der Waals surface area (Å²) in [5.41, 5.74) is -2.70. The highest BCUT2D eigenvalue weighted by Crippen LogP contribution is 2.51. The van der Waals surface area contributed by atoms with Gasteiger partial charge in [-0.3, -0.25) is 24.5 Å². The lowest BCUT2D eigenvalue weighted by molar-refractivity contribution is 0.00384. The molecule has 2 aliphatic rings. The van der Waals surface area contributed by atoms with E-state index in [2.05, 4.69) is 9.97 Å². The van der Waals surface area contributed by atoms with Gasteiger partial charge in [0.1, 0.15) is 11.4 Å². The number of ether oxygens (including phenoxy) is 1. The largest absolute Gasteiger partial charge is 0.422 e. The van der Waals surface area contributed by atoms with E-state index in [1.165, 1.54) is 4.90 Å². The summed E-state index contributed by atoms with van der Waals surface area (Å²) in [6.07, 6.45) is 0. The average molecular weight is 361 g/mol. The summed E-state index contributed by atoms with van der Waals surface area (Å²) >= 11 is 0. The average Bonchev–Trinajstić information content (AvgIpc) is 3.09. The number of aromatic amines is 2. The highest BCUT2D eigenvalue weighted by Gasteiger charge is 2.63. The molecule has 5 rings (SSSR count). The van der Waals surface area contributed by atoms with Crippen molar-refractivity contribution in [2.75, 3.05) is 4.90 Å². The number of rotatable bonds is 1. The van der Waals surface area contributed by atoms with Crippen LogP contribution in [0, 0.1) is 0 Å². The Morgan fingerprint density at radius 2 is 1.56 bits per heavy atom. The van der Waals surface area contributed by atoms with Crippen LogP contribution in [0.5, 0.6) is 0 Å². The van der Waals surface area contributed by atoms with Crippen LogP contribution >= 0.6 is 0 Å². The summed E-state index contributed by atoms with van der Waals surface area (Å²) in [4.78, 5) is 56.1. The van der Waals surface area contributed by atoms with E-state index < -0.39 is 28.7 Å². The van der Waals surface area contributed by atoms with Crippen LogP contribution < -0.4 is 16.1 Å². The number of anilines is 2. The Morgan fingerprint density at radius 1 is 0.852 bits per heavy atom. The minimum absolute atomic E-state index is 0.00977. The van der Waals surface area contributed by atoms with Crippen molar-refractivity contribution in [3.05, 3.63) is 92.1 Å². The molecule has 0 saturated heterocycles. The Kier molecular flexibility index (Phi) is 2.86. The molecule has 2 N–H and O–H groups in total. The fourth-order valence-electron chi connectivity index (χ4n) is 3.70. The van der Waals surface area contributed by atoms with Crippen molar-refractivity contribution < 1.29 is 14.3 Å². The molecular weight excluding hydrogens is 350 g/mol. The van der Waals surface area contributed by atoms with E-state index in [9.17, 15) is 19.2 Å². The first-order valence-corrected chi connectivity index (χ1v) is 8.13. The molecule has 1 aromatic heterocycles. The summed E-state index contributed by atoms with van der Waals surface area (Å²) in [6, 6.07) is 15.1. The van der Waals surface area contributed by atoms with Gasteiger partial charge in [-0.1, -0.05) is 36.4 Å². The van der Waals surface area contributed by atoms with Crippen LogP contribution in [-0.2, 0) is 10.5 Å². The van der Waals surface area contributed by atoms with E-state index in [4.69, 9.17) is 4.74 Å². The Morgan fingerprint density at radius 3 is 2.33 bits per heavy atom. The van der Waals surface area contributed by atoms with E-state index in [1.54, 1.807) is 54.6 Å². The standard InChI is InChI=1S/C19H11N3O5/c23-14-13-15(20-18(26)21-16(13)24)22(10-6-2-1-3-7-10)19(14)12-9-5-4-8-11(12)17(25)27-19/h1-9H,(H2,20,21,24,26). The molecule has 8 nitrogen and oxygen atoms in total. The van der Waals surface area contributed by atoms with Crippen LogP contribution in [0.3, 0.4) is 0 Å². The SMILES string of the molecule is O=C1OC2(C(=O)c3c([nH]c(=O)[nH]c3=O)N2c2ccccc2)c2ccccc21. The number of carbonyl (C=O) groups is 2. The van der Waals surface area contributed by atoms with Crippen molar-refractivity contribution in [3.8, 4) is 0 Å². The number of benzene rings is 2. The van der Waals surface area contributed by atoms with Gasteiger partial charge in [-0.2, -0.15) is 0 Å². The van der Waals surface area contributed by atoms with Gasteiger partial charge in [0.05, 0.1) is 5.56 Å². The third-order valence-corrected chi connectivity index (χ3v) is 4.76. The molecule has 0 saturated carbocycles. The lowest BCUT2D eigenvalue weighted by atomic mass is 9.95. The fraction of sp³-hybridized carbons (Fsp3) is 0.0526. The Hall–Kier alpha value is -3.94. The number of hydrogen-bond acceptors (Lipinski definition) is 6. The first-order chi connectivity index (χ1) is 13.0. The van der Waals surface area contributed by atoms with Gasteiger partial charge in [0, 0.05) is 11.3 Å². The monoisotopic (exact) mass is 361 g/mol. The second-order valence-corrected chi connectivity index (χ2v) is 6.21. The van der Waals surface area contributed by atoms with Gasteiger partial charge in [-0.25, -0.2) is 9.59 Å². The number of Topliss-reactive ketones (excluding diaryl/α,β-unsaturated/α-hetero) is 1. The predicted octanol–water partition coefficient (Wildman–Crippen LogP) is 1.42. The molecular formula is C19H11N3O5. The maximum absolute atomic E-state index is 13.4. The minimum Gasteiger partial charge on any atom is -0.422 e. The normalized spacial score (nSPS) is 19.9. The highest BCUT2D eigenvalue weighted by atomic mass is 16.6. The summed E-state index contributed by atoms with van der Waals surface area (Å²) in [7, 11) is 0. The number of H-pyrrole nitrogens is 2. The number of nitrogens with one attached hydrogen (secondary N) is 2. The molecule has 8 heteroatoms. The molecule has 0 bridgehead atoms. The Bertz CT molecular complexity index is 1240. The molecule has 0 aliphatic carbocycles. The number of hydrogen-bond donors (Lipinski definition) is 2. The van der Waals surface area contributed by atoms with Crippen LogP contribution in [0.25, 0.3) is 0 Å². The van der Waals surface area contributed by atoms with Crippen molar-refractivity contribution in [1.29, 1.82) is 0 Å². The second-order valence-electron chi connectivity index (χ2n) is 6.21. The quantitative estimate of drug-likeness (QED) is 0.634. The van der Waals surface area contributed by atoms with E-state index in [0.29, 0.717) is 11.3 Å². The lowest BCUT2D eigenvalue weighted by Gasteiger charge is -2.33. The fourth-order valence-corrected chi connectivity index (χ4v) is 3.70. The summed E-state index contributed by atoms with van der Waals surface area (Å²) in [6.45, 7) is 0. The maximum atomic E-state index is 13.4. The Labute approximate surface area is 151 Å². The summed E-state index contributed by atoms with van der Waals surface area (Å²) in [5.74, 6) is -1.40. The molecule has 2 aliphatic heterocycles. The van der Waals surface area contributed by atoms with Crippen molar-refractivity contribution >= 4 is 23.3 Å². The maximum Gasteiger partial charge on any atom is 0.341 e. The Balaban J connectivity index is 1.91. The van der Waals surface area contributed by atoms with Gasteiger partial charge in [0.25, 0.3) is 11.3 Å². The first kappa shape index (κ1) is 15.3. The highest BCUT2D eigenvalue weighted by molar-refractivity contribution is 6.17. The molecule has 1 atom stereocenters. The molecule has 3 aromatic rings. The smallest absolute Gasteiger partial charge is 0.341 e. The number of nitrogens with zero attached hydrogens (tertiary/aromatic N) is 1. The van der Waals surface area contributed by atoms with Gasteiger partial charge in [-0.15, -0.1) is 0 Å². The third-order valence-electron chi connectivity index (χ3n) is 4.76. The zero-order valence-corrected chi connectivity index (χ0v) is 13.7. The van der Waals surface area contributed by atoms with E-state index >= 15 is 0 Å². The molecule has 27 heavy (non-hydrogen) atoms. The number of fused-ring (bicyclic) bond motifs is 3. The van der Waals surface area contributed by atoms with Crippen LogP contribution in [0.4, 0.5) is 11.5 Å². The van der Waals surface area contributed by atoms with E-state index in [1.807, 2.05) is 0 Å². The second kappa shape index (κ2) is 5.04. The van der Waals surface area contributed by atoms with Crippen molar-refractivity contribution in [3.63, 3.8) is 0 Å².